The van der Waals surface area contributed by atoms with Gasteiger partial charge in [0, 0.05) is 37.2 Å². The summed E-state index contributed by atoms with van der Waals surface area (Å²) >= 11 is 0. The van der Waals surface area contributed by atoms with Crippen molar-refractivity contribution in [2.24, 2.45) is 0 Å². The second-order valence-electron chi connectivity index (χ2n) is 7.77. The van der Waals surface area contributed by atoms with Gasteiger partial charge in [0.25, 0.3) is 5.92 Å². The van der Waals surface area contributed by atoms with E-state index in [1.807, 2.05) is 0 Å². The number of alkyl halides is 4. The molecule has 1 aromatic rings. The van der Waals surface area contributed by atoms with Gasteiger partial charge in [-0.2, -0.15) is 5.10 Å². The maximum atomic E-state index is 13.2. The Balaban J connectivity index is 1.49. The molecule has 0 spiro atoms. The third-order valence-corrected chi connectivity index (χ3v) is 5.63. The van der Waals surface area contributed by atoms with E-state index < -0.39 is 36.9 Å². The molecule has 4 rings (SSSR count). The fourth-order valence-electron chi connectivity index (χ4n) is 3.79. The van der Waals surface area contributed by atoms with Crippen LogP contribution >= 0.6 is 0 Å². The predicted molar refractivity (Wildman–Crippen MR) is 84.8 cm³/mol. The zero-order valence-corrected chi connectivity index (χ0v) is 14.4. The molecule has 3 aliphatic carbocycles. The van der Waals surface area contributed by atoms with Crippen LogP contribution in [0.4, 0.5) is 28.2 Å². The van der Waals surface area contributed by atoms with Gasteiger partial charge in [0.05, 0.1) is 11.7 Å². The summed E-state index contributed by atoms with van der Waals surface area (Å²) in [4.78, 5) is 12.1. The molecule has 1 amide bonds. The zero-order chi connectivity index (χ0) is 18.7. The van der Waals surface area contributed by atoms with Crippen molar-refractivity contribution in [3.63, 3.8) is 0 Å². The van der Waals surface area contributed by atoms with Gasteiger partial charge in [-0.05, 0) is 26.2 Å². The number of nitrogens with one attached hydrogen (secondary N) is 1. The fraction of sp³-hybridized carbons (Fsp3) is 0.765. The summed E-state index contributed by atoms with van der Waals surface area (Å²) in [6.45, 7) is 1.74. The Labute approximate surface area is 148 Å². The molecule has 0 atom stereocenters. The Hall–Kier alpha value is -1.80. The van der Waals surface area contributed by atoms with E-state index in [4.69, 9.17) is 4.74 Å². The number of anilines is 1. The normalized spacial score (nSPS) is 25.1. The van der Waals surface area contributed by atoms with Crippen LogP contribution < -0.4 is 5.32 Å². The lowest BCUT2D eigenvalue weighted by Gasteiger charge is -2.34. The van der Waals surface area contributed by atoms with Crippen LogP contribution in [-0.2, 0) is 4.74 Å². The average Bonchev–Trinajstić information content (AvgIpc) is 2.70. The SMILES string of the molecule is Cc1c(C2CC(F)(F)C2)nn(C2CCC2)c1NC(=O)OC1CC(F)(F)C1. The van der Waals surface area contributed by atoms with Crippen molar-refractivity contribution in [3.05, 3.63) is 11.3 Å². The number of ether oxygens (including phenoxy) is 1. The first kappa shape index (κ1) is 17.6. The lowest BCUT2D eigenvalue weighted by atomic mass is 9.78. The number of rotatable bonds is 4. The van der Waals surface area contributed by atoms with Crippen LogP contribution in [0.15, 0.2) is 0 Å². The standard InChI is InChI=1S/C17H21F4N3O2/c1-9-13(10-5-16(18,19)6-10)23-24(11-3-2-4-11)14(9)22-15(25)26-12-7-17(20,21)8-12/h10-12H,2-8H2,1H3,(H,22,25). The Morgan fingerprint density at radius 2 is 1.77 bits per heavy atom. The molecular weight excluding hydrogens is 354 g/mol. The van der Waals surface area contributed by atoms with Gasteiger partial charge in [0.2, 0.25) is 5.92 Å². The molecule has 26 heavy (non-hydrogen) atoms. The molecule has 0 saturated heterocycles. The summed E-state index contributed by atoms with van der Waals surface area (Å²) in [5.41, 5.74) is 1.22. The largest absolute Gasteiger partial charge is 0.445 e. The Morgan fingerprint density at radius 3 is 2.27 bits per heavy atom. The van der Waals surface area contributed by atoms with Crippen LogP contribution in [0.3, 0.4) is 0 Å². The van der Waals surface area contributed by atoms with E-state index >= 15 is 0 Å². The van der Waals surface area contributed by atoms with Gasteiger partial charge in [0.1, 0.15) is 11.9 Å². The van der Waals surface area contributed by atoms with Crippen molar-refractivity contribution in [3.8, 4) is 0 Å². The quantitative estimate of drug-likeness (QED) is 0.771. The third-order valence-electron chi connectivity index (χ3n) is 5.63. The number of nitrogens with zero attached hydrogens (tertiary/aromatic N) is 2. The van der Waals surface area contributed by atoms with Crippen LogP contribution in [0.5, 0.6) is 0 Å². The summed E-state index contributed by atoms with van der Waals surface area (Å²) in [7, 11) is 0. The van der Waals surface area contributed by atoms with Gasteiger partial charge in [0.15, 0.2) is 0 Å². The summed E-state index contributed by atoms with van der Waals surface area (Å²) in [6.07, 6.45) is -0.170. The van der Waals surface area contributed by atoms with Crippen molar-refractivity contribution in [1.82, 2.24) is 9.78 Å². The third kappa shape index (κ3) is 3.16. The molecule has 1 heterocycles. The number of hydrogen-bond acceptors (Lipinski definition) is 3. The van der Waals surface area contributed by atoms with E-state index in [1.54, 1.807) is 11.6 Å². The number of carbonyl (C=O) groups is 1. The van der Waals surface area contributed by atoms with Gasteiger partial charge in [-0.1, -0.05) is 0 Å². The highest BCUT2D eigenvalue weighted by Crippen LogP contribution is 2.50. The maximum Gasteiger partial charge on any atom is 0.413 e. The molecule has 3 aliphatic rings. The molecule has 0 bridgehead atoms. The van der Waals surface area contributed by atoms with Gasteiger partial charge in [-0.3, -0.25) is 5.32 Å². The molecule has 3 fully saturated rings. The molecular formula is C17H21F4N3O2. The first-order valence-electron chi connectivity index (χ1n) is 8.96. The fourth-order valence-corrected chi connectivity index (χ4v) is 3.79. The van der Waals surface area contributed by atoms with Crippen molar-refractivity contribution >= 4 is 11.9 Å². The molecule has 1 N–H and O–H groups in total. The number of aromatic nitrogens is 2. The highest BCUT2D eigenvalue weighted by molar-refractivity contribution is 5.85. The molecule has 144 valence electrons. The maximum absolute atomic E-state index is 13.2. The average molecular weight is 375 g/mol. The van der Waals surface area contributed by atoms with E-state index in [0.29, 0.717) is 17.1 Å². The molecule has 5 nitrogen and oxygen atoms in total. The van der Waals surface area contributed by atoms with Crippen LogP contribution in [0.2, 0.25) is 0 Å². The lowest BCUT2D eigenvalue weighted by Crippen LogP contribution is -2.43. The number of carbonyl (C=O) groups excluding carboxylic acids is 1. The topological polar surface area (TPSA) is 56.2 Å². The molecule has 3 saturated carbocycles. The highest BCUT2D eigenvalue weighted by Gasteiger charge is 2.49. The van der Waals surface area contributed by atoms with Gasteiger partial charge < -0.3 is 4.74 Å². The summed E-state index contributed by atoms with van der Waals surface area (Å²) in [5, 5.41) is 7.11. The van der Waals surface area contributed by atoms with Gasteiger partial charge >= 0.3 is 6.09 Å². The highest BCUT2D eigenvalue weighted by atomic mass is 19.3. The summed E-state index contributed by atoms with van der Waals surface area (Å²) in [6, 6.07) is 0.117. The molecule has 1 aromatic heterocycles. The second-order valence-corrected chi connectivity index (χ2v) is 7.77. The van der Waals surface area contributed by atoms with Crippen molar-refractivity contribution in [1.29, 1.82) is 0 Å². The van der Waals surface area contributed by atoms with Crippen molar-refractivity contribution < 1.29 is 27.1 Å². The summed E-state index contributed by atoms with van der Waals surface area (Å²) < 4.78 is 58.9. The predicted octanol–water partition coefficient (Wildman–Crippen LogP) is 4.78. The Kier molecular flexibility index (Phi) is 3.96. The lowest BCUT2D eigenvalue weighted by molar-refractivity contribution is -0.142. The first-order chi connectivity index (χ1) is 12.1. The van der Waals surface area contributed by atoms with Crippen LogP contribution in [-0.4, -0.2) is 33.8 Å². The zero-order valence-electron chi connectivity index (χ0n) is 14.4. The smallest absolute Gasteiger partial charge is 0.413 e. The van der Waals surface area contributed by atoms with Crippen LogP contribution in [0, 0.1) is 6.92 Å². The molecule has 0 aliphatic heterocycles. The van der Waals surface area contributed by atoms with E-state index in [2.05, 4.69) is 10.4 Å². The molecule has 0 radical (unpaired) electrons. The minimum Gasteiger partial charge on any atom is -0.445 e. The number of hydrogen-bond donors (Lipinski definition) is 1. The van der Waals surface area contributed by atoms with Crippen LogP contribution in [0.25, 0.3) is 0 Å². The van der Waals surface area contributed by atoms with Crippen LogP contribution in [0.1, 0.15) is 68.2 Å². The monoisotopic (exact) mass is 375 g/mol. The number of halogens is 4. The van der Waals surface area contributed by atoms with E-state index in [1.165, 1.54) is 0 Å². The van der Waals surface area contributed by atoms with Gasteiger partial charge in [-0.15, -0.1) is 0 Å². The Morgan fingerprint density at radius 1 is 1.15 bits per heavy atom. The van der Waals surface area contributed by atoms with E-state index in [0.717, 1.165) is 19.3 Å². The molecule has 0 unspecified atom stereocenters. The second kappa shape index (κ2) is 5.85. The minimum absolute atomic E-state index is 0.117. The molecule has 9 heteroatoms. The van der Waals surface area contributed by atoms with Crippen molar-refractivity contribution in [2.75, 3.05) is 5.32 Å². The minimum atomic E-state index is -2.77. The van der Waals surface area contributed by atoms with Gasteiger partial charge in [-0.25, -0.2) is 27.0 Å². The number of amides is 1. The first-order valence-corrected chi connectivity index (χ1v) is 8.96. The molecule has 0 aromatic carbocycles. The summed E-state index contributed by atoms with van der Waals surface area (Å²) in [5.74, 6) is -5.32. The van der Waals surface area contributed by atoms with E-state index in [9.17, 15) is 22.4 Å². The van der Waals surface area contributed by atoms with E-state index in [-0.39, 0.29) is 24.8 Å². The Bertz CT molecular complexity index is 714. The van der Waals surface area contributed by atoms with Crippen molar-refractivity contribution in [2.45, 2.75) is 81.8 Å².